The van der Waals surface area contributed by atoms with Gasteiger partial charge >= 0.3 is 69.2 Å². The molecule has 0 amide bonds. The molecule has 0 aliphatic rings. The van der Waals surface area contributed by atoms with E-state index in [-0.39, 0.29) is 8.41 Å². The summed E-state index contributed by atoms with van der Waals surface area (Å²) in [5, 5.41) is 0. The summed E-state index contributed by atoms with van der Waals surface area (Å²) in [7, 11) is 0. The molecule has 2 heteroatoms. The summed E-state index contributed by atoms with van der Waals surface area (Å²) in [4.78, 5) is 0. The Bertz CT molecular complexity index is 21.5. The zero-order valence-corrected chi connectivity index (χ0v) is 7.41. The molecule has 0 saturated carbocycles. The number of hydrogen-bond acceptors (Lipinski definition) is 0. The van der Waals surface area contributed by atoms with Gasteiger partial charge in [-0.15, -0.1) is 0 Å². The first kappa shape index (κ1) is 10.6. The van der Waals surface area contributed by atoms with Crippen LogP contribution in [0.5, 0.6) is 0 Å². The average molecular weight is 110 g/mol. The molecule has 0 aromatic heterocycles. The van der Waals surface area contributed by atoms with E-state index in [9.17, 15) is 0 Å². The maximum atomic E-state index is 2.31. The zero-order chi connectivity index (χ0) is 4.28. The molecule has 0 N–H and O–H groups in total. The van der Waals surface area contributed by atoms with Crippen molar-refractivity contribution in [3.8, 4) is 0 Å². The van der Waals surface area contributed by atoms with Crippen molar-refractivity contribution in [3.05, 3.63) is 0 Å². The van der Waals surface area contributed by atoms with Crippen LogP contribution in [0.4, 0.5) is 0 Å². The fraction of sp³-hybridized carbons (Fsp3) is 1.00. The van der Waals surface area contributed by atoms with Crippen molar-refractivity contribution in [2.24, 2.45) is 0 Å². The van der Waals surface area contributed by atoms with E-state index in [1.165, 1.54) is 6.42 Å². The molecular formula is C4H12BK. The van der Waals surface area contributed by atoms with Crippen molar-refractivity contribution in [1.82, 2.24) is 0 Å². The number of rotatable bonds is 1. The topological polar surface area (TPSA) is 0 Å². The summed E-state index contributed by atoms with van der Waals surface area (Å²) < 4.78 is 1.07. The summed E-state index contributed by atoms with van der Waals surface area (Å²) in [5.41, 5.74) is 0. The van der Waals surface area contributed by atoms with Crippen LogP contribution in [0, 0.1) is 0 Å². The molecule has 1 atom stereocenters. The van der Waals surface area contributed by atoms with E-state index in [1.54, 1.807) is 0 Å². The third kappa shape index (κ3) is 9.20. The third-order valence-corrected chi connectivity index (χ3v) is 2.09. The minimum atomic E-state index is 0. The van der Waals surface area contributed by atoms with Gasteiger partial charge < -0.3 is 0 Å². The van der Waals surface area contributed by atoms with E-state index in [2.05, 4.69) is 13.8 Å². The molecule has 0 nitrogen and oxygen atoms in total. The van der Waals surface area contributed by atoms with Gasteiger partial charge in [-0.1, -0.05) is 0 Å². The Hall–Kier alpha value is 1.70. The van der Waals surface area contributed by atoms with E-state index in [4.69, 9.17) is 0 Å². The third-order valence-electron chi connectivity index (χ3n) is 0.816. The zero-order valence-electron chi connectivity index (χ0n) is 4.28. The first-order valence-corrected chi connectivity index (χ1v) is 4.07. The molecule has 0 aliphatic carbocycles. The number of hydrogen-bond donors (Lipinski definition) is 0. The van der Waals surface area contributed by atoms with Crippen LogP contribution < -0.4 is 0 Å². The molecule has 0 aromatic rings. The van der Waals surface area contributed by atoms with Crippen LogP contribution in [0.3, 0.4) is 0 Å². The summed E-state index contributed by atoms with van der Waals surface area (Å²) in [5.74, 6) is 0. The SMILES string of the molecule is B.CC[CH](C)[K]. The van der Waals surface area contributed by atoms with E-state index < -0.39 is 0 Å². The quantitative estimate of drug-likeness (QED) is 0.422. The molecule has 1 unspecified atom stereocenters. The van der Waals surface area contributed by atoms with Gasteiger partial charge in [-0.3, -0.25) is 0 Å². The minimum absolute atomic E-state index is 0. The molecular weight excluding hydrogens is 98.0 g/mol. The fourth-order valence-corrected chi connectivity index (χ4v) is 0. The molecule has 0 saturated heterocycles. The van der Waals surface area contributed by atoms with Crippen molar-refractivity contribution < 1.29 is 0 Å². The van der Waals surface area contributed by atoms with Crippen molar-refractivity contribution in [3.63, 3.8) is 0 Å². The predicted octanol–water partition coefficient (Wildman–Crippen LogP) is 0.189. The fourth-order valence-electron chi connectivity index (χ4n) is 0. The van der Waals surface area contributed by atoms with Crippen LogP contribution in [0.2, 0.25) is 0.0125 Å². The Morgan fingerprint density at radius 3 is 1.83 bits per heavy atom. The molecule has 0 aromatic carbocycles. The predicted molar refractivity (Wildman–Crippen MR) is 35.4 cm³/mol. The summed E-state index contributed by atoms with van der Waals surface area (Å²) in [6, 6.07) is 0. The van der Waals surface area contributed by atoms with Gasteiger partial charge in [0.2, 0.25) is 0 Å². The monoisotopic (exact) mass is 110 g/mol. The van der Waals surface area contributed by atoms with Crippen LogP contribution in [-0.4, -0.2) is 57.4 Å². The molecule has 0 heterocycles. The summed E-state index contributed by atoms with van der Waals surface area (Å²) in [6.07, 6.45) is 1.39. The van der Waals surface area contributed by atoms with Gasteiger partial charge in [0.25, 0.3) is 0 Å². The van der Waals surface area contributed by atoms with Crippen LogP contribution in [-0.2, 0) is 0 Å². The van der Waals surface area contributed by atoms with Gasteiger partial charge in [0.05, 0.1) is 8.41 Å². The Morgan fingerprint density at radius 2 is 1.83 bits per heavy atom. The van der Waals surface area contributed by atoms with Crippen molar-refractivity contribution in [2.45, 2.75) is 20.3 Å². The first-order chi connectivity index (χ1) is 2.27. The molecule has 0 radical (unpaired) electrons. The second-order valence-corrected chi connectivity index (χ2v) is 4.88. The Morgan fingerprint density at radius 1 is 1.67 bits per heavy atom. The molecule has 0 fully saturated rings. The van der Waals surface area contributed by atoms with Crippen LogP contribution in [0.15, 0.2) is 0 Å². The average Bonchev–Trinajstić information content (AvgIpc) is 1.38. The van der Waals surface area contributed by atoms with Crippen molar-refractivity contribution in [1.29, 1.82) is 0 Å². The molecule has 0 bridgehead atoms. The molecule has 0 spiro atoms. The second kappa shape index (κ2) is 6.70. The van der Waals surface area contributed by atoms with Gasteiger partial charge in [-0.05, 0) is 0 Å². The van der Waals surface area contributed by atoms with Crippen LogP contribution in [0.1, 0.15) is 20.3 Å². The van der Waals surface area contributed by atoms with Crippen molar-refractivity contribution >= 4 is 57.4 Å². The summed E-state index contributed by atoms with van der Waals surface area (Å²) in [6.45, 7) is 4.55. The van der Waals surface area contributed by atoms with E-state index in [0.717, 1.165) is 49.0 Å². The van der Waals surface area contributed by atoms with E-state index >= 15 is 0 Å². The summed E-state index contributed by atoms with van der Waals surface area (Å²) >= 11 is 1.07. The van der Waals surface area contributed by atoms with Gasteiger partial charge in [0.1, 0.15) is 0 Å². The Labute approximate surface area is 76.2 Å². The van der Waals surface area contributed by atoms with Gasteiger partial charge in [-0.2, -0.15) is 0 Å². The standard InChI is InChI=1S/C4H9.BH3.K/c1-3-4-2;;/h3H,4H2,1-2H3;1H3;. The van der Waals surface area contributed by atoms with Gasteiger partial charge in [-0.25, -0.2) is 0 Å². The van der Waals surface area contributed by atoms with E-state index in [1.807, 2.05) is 0 Å². The van der Waals surface area contributed by atoms with Crippen LogP contribution in [0.25, 0.3) is 0 Å². The molecule has 6 heavy (non-hydrogen) atoms. The van der Waals surface area contributed by atoms with Crippen LogP contribution >= 0.6 is 0 Å². The molecule has 0 rings (SSSR count). The van der Waals surface area contributed by atoms with Gasteiger partial charge in [0.15, 0.2) is 0 Å². The van der Waals surface area contributed by atoms with Crippen molar-refractivity contribution in [2.75, 3.05) is 0 Å². The Kier molecular flexibility index (Phi) is 11.9. The molecule has 32 valence electrons. The van der Waals surface area contributed by atoms with Gasteiger partial charge in [0, 0.05) is 0 Å². The Balaban J connectivity index is 0. The first-order valence-electron chi connectivity index (χ1n) is 2.27. The normalized spacial score (nSPS) is 12.7. The molecule has 0 aliphatic heterocycles. The maximum absolute atomic E-state index is 2.31. The second-order valence-electron chi connectivity index (χ2n) is 1.80. The van der Waals surface area contributed by atoms with E-state index in [0.29, 0.717) is 0 Å².